The number of hydrogen-bond acceptors (Lipinski definition) is 7. The number of nitrogens with two attached hydrogens (primary N) is 1. The molecule has 12 heteroatoms. The monoisotopic (exact) mass is 428 g/mol. The third-order valence-corrected chi connectivity index (χ3v) is 5.50. The van der Waals surface area contributed by atoms with Crippen molar-refractivity contribution >= 4 is 34.1 Å². The summed E-state index contributed by atoms with van der Waals surface area (Å²) in [5.41, 5.74) is 3.97. The van der Waals surface area contributed by atoms with Gasteiger partial charge in [0.2, 0.25) is 11.1 Å². The molecule has 0 aliphatic rings. The minimum atomic E-state index is -4.71. The van der Waals surface area contributed by atoms with Gasteiger partial charge in [-0.05, 0) is 31.0 Å². The third-order valence-electron chi connectivity index (χ3n) is 3.80. The Labute approximate surface area is 166 Å². The molecule has 1 amide bonds. The molecule has 0 aliphatic heterocycles. The summed E-state index contributed by atoms with van der Waals surface area (Å²) in [4.78, 5) is 16.4. The molecule has 2 heterocycles. The maximum absolute atomic E-state index is 12.6. The van der Waals surface area contributed by atoms with Crippen molar-refractivity contribution in [3.8, 4) is 11.3 Å². The van der Waals surface area contributed by atoms with Crippen molar-refractivity contribution in [3.05, 3.63) is 40.5 Å². The highest BCUT2D eigenvalue weighted by atomic mass is 32.2. The van der Waals surface area contributed by atoms with Gasteiger partial charge in [0.05, 0.1) is 11.4 Å². The Morgan fingerprint density at radius 1 is 1.29 bits per heavy atom. The van der Waals surface area contributed by atoms with Crippen LogP contribution >= 0.6 is 23.1 Å². The van der Waals surface area contributed by atoms with E-state index < -0.39 is 17.9 Å². The first kappa shape index (κ1) is 20.1. The van der Waals surface area contributed by atoms with Crippen LogP contribution in [0.4, 0.5) is 18.3 Å². The number of amides is 1. The first-order chi connectivity index (χ1) is 13.1. The molecule has 0 saturated carbocycles. The zero-order valence-electron chi connectivity index (χ0n) is 14.7. The van der Waals surface area contributed by atoms with Crippen molar-refractivity contribution in [2.75, 3.05) is 16.9 Å². The normalized spacial score (nSPS) is 11.6. The van der Waals surface area contributed by atoms with E-state index >= 15 is 0 Å². The Balaban J connectivity index is 1.61. The lowest BCUT2D eigenvalue weighted by Gasteiger charge is -2.06. The molecule has 2 aromatic heterocycles. The number of nitrogens with one attached hydrogen (secondary N) is 1. The van der Waals surface area contributed by atoms with Gasteiger partial charge in [-0.1, -0.05) is 23.9 Å². The average molecular weight is 428 g/mol. The van der Waals surface area contributed by atoms with Gasteiger partial charge in [-0.25, -0.2) is 9.66 Å². The Morgan fingerprint density at radius 2 is 2.04 bits per heavy atom. The molecule has 0 fully saturated rings. The maximum Gasteiger partial charge on any atom is 0.453 e. The van der Waals surface area contributed by atoms with Crippen LogP contribution in [0.15, 0.2) is 28.7 Å². The quantitative estimate of drug-likeness (QED) is 0.477. The third kappa shape index (κ3) is 4.44. The lowest BCUT2D eigenvalue weighted by atomic mass is 10.1. The fourth-order valence-electron chi connectivity index (χ4n) is 2.22. The van der Waals surface area contributed by atoms with Gasteiger partial charge < -0.3 is 11.2 Å². The zero-order chi connectivity index (χ0) is 20.5. The Morgan fingerprint density at radius 3 is 2.68 bits per heavy atom. The van der Waals surface area contributed by atoms with Crippen molar-refractivity contribution in [3.63, 3.8) is 0 Å². The molecule has 0 spiro atoms. The van der Waals surface area contributed by atoms with Crippen LogP contribution in [0.5, 0.6) is 0 Å². The van der Waals surface area contributed by atoms with Crippen molar-refractivity contribution in [1.82, 2.24) is 19.9 Å². The van der Waals surface area contributed by atoms with Gasteiger partial charge in [-0.2, -0.15) is 13.2 Å². The Hall–Kier alpha value is -2.60. The number of rotatable bonds is 5. The first-order valence-electron chi connectivity index (χ1n) is 7.88. The van der Waals surface area contributed by atoms with Crippen LogP contribution in [0.1, 0.15) is 17.0 Å². The van der Waals surface area contributed by atoms with Crippen LogP contribution in [0, 0.1) is 13.8 Å². The van der Waals surface area contributed by atoms with Crippen molar-refractivity contribution in [2.45, 2.75) is 25.2 Å². The number of halogens is 3. The maximum atomic E-state index is 12.6. The standard InChI is InChI=1S/C16H15F3N6OS2/c1-8-3-4-10(5-9(8)2)11-6-27-14(21-11)22-12(26)7-28-15-24-23-13(25(15)20)16(17,18)19/h3-6H,7,20H2,1-2H3,(H,21,22,26). The van der Waals surface area contributed by atoms with E-state index in [4.69, 9.17) is 5.84 Å². The molecule has 3 rings (SSSR count). The molecule has 0 bridgehead atoms. The minimum absolute atomic E-state index is 0.189. The number of nitrogen functional groups attached to an aromatic ring is 1. The summed E-state index contributed by atoms with van der Waals surface area (Å²) in [7, 11) is 0. The summed E-state index contributed by atoms with van der Waals surface area (Å²) in [6.07, 6.45) is -4.71. The van der Waals surface area contributed by atoms with Gasteiger partial charge in [0.25, 0.3) is 5.82 Å². The number of carbonyl (C=O) groups is 1. The van der Waals surface area contributed by atoms with Gasteiger partial charge in [0.1, 0.15) is 0 Å². The molecule has 148 valence electrons. The van der Waals surface area contributed by atoms with Gasteiger partial charge in [0.15, 0.2) is 5.13 Å². The molecule has 0 atom stereocenters. The molecule has 0 aliphatic carbocycles. The smallest absolute Gasteiger partial charge is 0.335 e. The fourth-order valence-corrected chi connectivity index (χ4v) is 3.61. The number of alkyl halides is 3. The Kier molecular flexibility index (Phi) is 5.61. The summed E-state index contributed by atoms with van der Waals surface area (Å²) < 4.78 is 38.2. The minimum Gasteiger partial charge on any atom is -0.335 e. The number of anilines is 1. The average Bonchev–Trinajstić information content (AvgIpc) is 3.22. The van der Waals surface area contributed by atoms with E-state index in [0.29, 0.717) is 9.81 Å². The summed E-state index contributed by atoms with van der Waals surface area (Å²) in [5.74, 6) is 3.37. The molecule has 0 unspecified atom stereocenters. The molecule has 3 N–H and O–H groups in total. The summed E-state index contributed by atoms with van der Waals surface area (Å²) in [5, 5.41) is 11.0. The van der Waals surface area contributed by atoms with E-state index in [1.165, 1.54) is 16.9 Å². The lowest BCUT2D eigenvalue weighted by Crippen LogP contribution is -2.22. The highest BCUT2D eigenvalue weighted by Gasteiger charge is 2.38. The number of nitrogens with zero attached hydrogens (tertiary/aromatic N) is 4. The number of thiazole rings is 1. The Bertz CT molecular complexity index is 1010. The fraction of sp³-hybridized carbons (Fsp3) is 0.250. The van der Waals surface area contributed by atoms with Gasteiger partial charge in [-0.15, -0.1) is 21.5 Å². The summed E-state index contributed by atoms with van der Waals surface area (Å²) in [6, 6.07) is 5.96. The van der Waals surface area contributed by atoms with Crippen LogP contribution in [-0.2, 0) is 11.0 Å². The van der Waals surface area contributed by atoms with Crippen LogP contribution < -0.4 is 11.2 Å². The molecular weight excluding hydrogens is 413 g/mol. The number of benzene rings is 1. The van der Waals surface area contributed by atoms with E-state index in [0.717, 1.165) is 28.6 Å². The van der Waals surface area contributed by atoms with Crippen molar-refractivity contribution in [1.29, 1.82) is 0 Å². The van der Waals surface area contributed by atoms with Gasteiger partial charge in [0, 0.05) is 10.9 Å². The largest absolute Gasteiger partial charge is 0.453 e. The molecule has 7 nitrogen and oxygen atoms in total. The van der Waals surface area contributed by atoms with E-state index in [2.05, 4.69) is 20.5 Å². The van der Waals surface area contributed by atoms with E-state index in [9.17, 15) is 18.0 Å². The van der Waals surface area contributed by atoms with Gasteiger partial charge in [-0.3, -0.25) is 4.79 Å². The van der Waals surface area contributed by atoms with E-state index in [1.807, 2.05) is 37.4 Å². The number of aryl methyl sites for hydroxylation is 2. The molecular formula is C16H15F3N6OS2. The first-order valence-corrected chi connectivity index (χ1v) is 9.75. The van der Waals surface area contributed by atoms with E-state index in [1.54, 1.807) is 0 Å². The van der Waals surface area contributed by atoms with Crippen LogP contribution in [0.25, 0.3) is 11.3 Å². The zero-order valence-corrected chi connectivity index (χ0v) is 16.4. The summed E-state index contributed by atoms with van der Waals surface area (Å²) in [6.45, 7) is 4.02. The van der Waals surface area contributed by atoms with Gasteiger partial charge >= 0.3 is 6.18 Å². The van der Waals surface area contributed by atoms with E-state index in [-0.39, 0.29) is 10.9 Å². The topological polar surface area (TPSA) is 98.7 Å². The molecule has 0 saturated heterocycles. The number of aromatic nitrogens is 4. The van der Waals surface area contributed by atoms with Crippen molar-refractivity contribution < 1.29 is 18.0 Å². The highest BCUT2D eigenvalue weighted by Crippen LogP contribution is 2.29. The SMILES string of the molecule is Cc1ccc(-c2csc(NC(=O)CSc3nnc(C(F)(F)F)n3N)n2)cc1C. The van der Waals surface area contributed by atoms with Crippen LogP contribution in [-0.4, -0.2) is 31.5 Å². The van der Waals surface area contributed by atoms with Crippen LogP contribution in [0.2, 0.25) is 0 Å². The second kappa shape index (κ2) is 7.80. The second-order valence-electron chi connectivity index (χ2n) is 5.85. The molecule has 1 aromatic carbocycles. The molecule has 3 aromatic rings. The second-order valence-corrected chi connectivity index (χ2v) is 7.65. The number of thioether (sulfide) groups is 1. The van der Waals surface area contributed by atoms with Crippen molar-refractivity contribution in [2.24, 2.45) is 0 Å². The molecule has 0 radical (unpaired) electrons. The predicted octanol–water partition coefficient (Wildman–Crippen LogP) is 3.48. The number of hydrogen-bond donors (Lipinski definition) is 2. The highest BCUT2D eigenvalue weighted by molar-refractivity contribution is 7.99. The molecule has 28 heavy (non-hydrogen) atoms. The predicted molar refractivity (Wildman–Crippen MR) is 102 cm³/mol. The van der Waals surface area contributed by atoms with Crippen LogP contribution in [0.3, 0.4) is 0 Å². The summed E-state index contributed by atoms with van der Waals surface area (Å²) >= 11 is 2.00. The lowest BCUT2D eigenvalue weighted by molar-refractivity contribution is -0.146. The number of carbonyl (C=O) groups excluding carboxylic acids is 1.